The number of esters is 2. The van der Waals surface area contributed by atoms with Crippen LogP contribution in [0.5, 0.6) is 5.75 Å². The van der Waals surface area contributed by atoms with Crippen LogP contribution in [0.25, 0.3) is 6.08 Å². The Hall–Kier alpha value is -2.30. The van der Waals surface area contributed by atoms with Crippen LogP contribution in [0.15, 0.2) is 24.3 Å². The minimum Gasteiger partial charge on any atom is -0.496 e. The molecule has 0 saturated carbocycles. The summed E-state index contributed by atoms with van der Waals surface area (Å²) in [6, 6.07) is 4.92. The Kier molecular flexibility index (Phi) is 5.52. The van der Waals surface area contributed by atoms with Crippen molar-refractivity contribution in [1.29, 1.82) is 0 Å². The second-order valence-electron chi connectivity index (χ2n) is 5.32. The van der Waals surface area contributed by atoms with Gasteiger partial charge in [-0.05, 0) is 44.5 Å². The molecule has 0 N–H and O–H groups in total. The quantitative estimate of drug-likeness (QED) is 0.631. The van der Waals surface area contributed by atoms with Crippen LogP contribution < -0.4 is 4.74 Å². The number of hydrogen-bond donors (Lipinski definition) is 0. The smallest absolute Gasteiger partial charge is 0.341 e. The third-order valence-electron chi connectivity index (χ3n) is 2.45. The van der Waals surface area contributed by atoms with Crippen molar-refractivity contribution >= 4 is 18.0 Å². The van der Waals surface area contributed by atoms with E-state index in [4.69, 9.17) is 9.47 Å². The van der Waals surface area contributed by atoms with Gasteiger partial charge in [0.15, 0.2) is 0 Å². The molecule has 0 fully saturated rings. The number of rotatable bonds is 4. The molecule has 0 spiro atoms. The number of carbonyl (C=O) groups is 2. The van der Waals surface area contributed by atoms with Crippen molar-refractivity contribution in [2.75, 3.05) is 14.2 Å². The topological polar surface area (TPSA) is 61.8 Å². The summed E-state index contributed by atoms with van der Waals surface area (Å²) in [7, 11) is 2.77. The summed E-state index contributed by atoms with van der Waals surface area (Å²) in [6.45, 7) is 5.40. The number of benzene rings is 1. The maximum absolute atomic E-state index is 11.6. The summed E-state index contributed by atoms with van der Waals surface area (Å²) in [5.74, 6) is -0.527. The molecule has 0 bridgehead atoms. The van der Waals surface area contributed by atoms with E-state index in [1.54, 1.807) is 45.0 Å². The van der Waals surface area contributed by atoms with Crippen LogP contribution in [0, 0.1) is 0 Å². The van der Waals surface area contributed by atoms with Crippen LogP contribution >= 0.6 is 0 Å². The molecule has 5 heteroatoms. The molecule has 0 aliphatic rings. The van der Waals surface area contributed by atoms with Gasteiger partial charge in [-0.1, -0.05) is 6.07 Å². The van der Waals surface area contributed by atoms with Crippen molar-refractivity contribution < 1.29 is 23.8 Å². The van der Waals surface area contributed by atoms with Crippen LogP contribution in [0.2, 0.25) is 0 Å². The minimum absolute atomic E-state index is 0.328. The SMILES string of the molecule is COC(=O)c1ccc(/C=C/C(=O)OC(C)(C)C)cc1OC. The lowest BCUT2D eigenvalue weighted by molar-refractivity contribution is -0.148. The van der Waals surface area contributed by atoms with Crippen molar-refractivity contribution in [3.63, 3.8) is 0 Å². The highest BCUT2D eigenvalue weighted by Gasteiger charge is 2.15. The average molecular weight is 292 g/mol. The molecule has 0 heterocycles. The Bertz CT molecular complexity index is 552. The van der Waals surface area contributed by atoms with Crippen molar-refractivity contribution in [1.82, 2.24) is 0 Å². The molecule has 0 amide bonds. The summed E-state index contributed by atoms with van der Waals surface area (Å²) in [5, 5.41) is 0. The Morgan fingerprint density at radius 2 is 1.81 bits per heavy atom. The zero-order chi connectivity index (χ0) is 16.0. The van der Waals surface area contributed by atoms with E-state index in [1.165, 1.54) is 20.3 Å². The first-order valence-electron chi connectivity index (χ1n) is 6.44. The first kappa shape index (κ1) is 16.8. The first-order chi connectivity index (χ1) is 9.76. The molecular weight excluding hydrogens is 272 g/mol. The summed E-state index contributed by atoms with van der Waals surface area (Å²) < 4.78 is 15.0. The highest BCUT2D eigenvalue weighted by molar-refractivity contribution is 5.93. The predicted octanol–water partition coefficient (Wildman–Crippen LogP) is 2.84. The third kappa shape index (κ3) is 5.30. The third-order valence-corrected chi connectivity index (χ3v) is 2.45. The monoisotopic (exact) mass is 292 g/mol. The molecule has 0 aromatic heterocycles. The van der Waals surface area contributed by atoms with Crippen molar-refractivity contribution in [3.05, 3.63) is 35.4 Å². The van der Waals surface area contributed by atoms with E-state index in [0.717, 1.165) is 0 Å². The summed E-state index contributed by atoms with van der Waals surface area (Å²) in [5.41, 5.74) is 0.508. The van der Waals surface area contributed by atoms with Gasteiger partial charge in [0.05, 0.1) is 14.2 Å². The van der Waals surface area contributed by atoms with E-state index < -0.39 is 17.5 Å². The second-order valence-corrected chi connectivity index (χ2v) is 5.32. The lowest BCUT2D eigenvalue weighted by Crippen LogP contribution is -2.22. The Balaban J connectivity index is 2.91. The van der Waals surface area contributed by atoms with Crippen molar-refractivity contribution in [3.8, 4) is 5.75 Å². The molecular formula is C16H20O5. The molecule has 0 aliphatic carbocycles. The van der Waals surface area contributed by atoms with Gasteiger partial charge < -0.3 is 14.2 Å². The fourth-order valence-electron chi connectivity index (χ4n) is 1.59. The molecule has 21 heavy (non-hydrogen) atoms. The van der Waals surface area contributed by atoms with E-state index in [1.807, 2.05) is 0 Å². The van der Waals surface area contributed by atoms with Crippen molar-refractivity contribution in [2.24, 2.45) is 0 Å². The Morgan fingerprint density at radius 1 is 1.14 bits per heavy atom. The Morgan fingerprint density at radius 3 is 2.33 bits per heavy atom. The normalized spacial score (nSPS) is 11.3. The molecule has 1 aromatic carbocycles. The molecule has 0 radical (unpaired) electrons. The van der Waals surface area contributed by atoms with E-state index >= 15 is 0 Å². The standard InChI is InChI=1S/C16H20O5/c1-16(2,3)21-14(17)9-7-11-6-8-12(15(18)20-5)13(10-11)19-4/h6-10H,1-5H3/b9-7+. The van der Waals surface area contributed by atoms with E-state index in [9.17, 15) is 9.59 Å². The lowest BCUT2D eigenvalue weighted by Gasteiger charge is -2.17. The van der Waals surface area contributed by atoms with Gasteiger partial charge >= 0.3 is 11.9 Å². The first-order valence-corrected chi connectivity index (χ1v) is 6.44. The molecule has 1 aromatic rings. The van der Waals surface area contributed by atoms with Gasteiger partial charge in [-0.3, -0.25) is 0 Å². The maximum Gasteiger partial charge on any atom is 0.341 e. The molecule has 0 saturated heterocycles. The van der Waals surface area contributed by atoms with E-state index in [-0.39, 0.29) is 0 Å². The van der Waals surface area contributed by atoms with Crippen molar-refractivity contribution in [2.45, 2.75) is 26.4 Å². The van der Waals surface area contributed by atoms with E-state index in [0.29, 0.717) is 16.9 Å². The second kappa shape index (κ2) is 6.92. The van der Waals surface area contributed by atoms with Gasteiger partial charge in [0.1, 0.15) is 16.9 Å². The zero-order valence-electron chi connectivity index (χ0n) is 12.9. The van der Waals surface area contributed by atoms with Gasteiger partial charge in [-0.15, -0.1) is 0 Å². The molecule has 0 aliphatic heterocycles. The lowest BCUT2D eigenvalue weighted by atomic mass is 10.1. The number of methoxy groups -OCH3 is 2. The summed E-state index contributed by atoms with van der Waals surface area (Å²) in [6.07, 6.45) is 2.93. The molecule has 114 valence electrons. The van der Waals surface area contributed by atoms with Crippen LogP contribution in [-0.2, 0) is 14.3 Å². The van der Waals surface area contributed by atoms with Gasteiger partial charge in [0.25, 0.3) is 0 Å². The fourth-order valence-corrected chi connectivity index (χ4v) is 1.59. The summed E-state index contributed by atoms with van der Waals surface area (Å²) in [4.78, 5) is 23.1. The zero-order valence-corrected chi connectivity index (χ0v) is 12.9. The highest BCUT2D eigenvalue weighted by atomic mass is 16.6. The molecule has 1 rings (SSSR count). The number of ether oxygens (including phenoxy) is 3. The predicted molar refractivity (Wildman–Crippen MR) is 79.2 cm³/mol. The molecule has 0 unspecified atom stereocenters. The largest absolute Gasteiger partial charge is 0.496 e. The van der Waals surface area contributed by atoms with Crippen LogP contribution in [0.3, 0.4) is 0 Å². The minimum atomic E-state index is -0.534. The highest BCUT2D eigenvalue weighted by Crippen LogP contribution is 2.22. The van der Waals surface area contributed by atoms with Gasteiger partial charge in [-0.2, -0.15) is 0 Å². The maximum atomic E-state index is 11.6. The summed E-state index contributed by atoms with van der Waals surface area (Å²) >= 11 is 0. The van der Waals surface area contributed by atoms with E-state index in [2.05, 4.69) is 4.74 Å². The van der Waals surface area contributed by atoms with Crippen LogP contribution in [0.4, 0.5) is 0 Å². The number of carbonyl (C=O) groups excluding carboxylic acids is 2. The van der Waals surface area contributed by atoms with Gasteiger partial charge in [-0.25, -0.2) is 9.59 Å². The van der Waals surface area contributed by atoms with Gasteiger partial charge in [0, 0.05) is 6.08 Å². The Labute approximate surface area is 124 Å². The van der Waals surface area contributed by atoms with Crippen LogP contribution in [-0.4, -0.2) is 31.8 Å². The number of hydrogen-bond acceptors (Lipinski definition) is 5. The van der Waals surface area contributed by atoms with Crippen LogP contribution in [0.1, 0.15) is 36.7 Å². The average Bonchev–Trinajstić information content (AvgIpc) is 2.42. The van der Waals surface area contributed by atoms with Gasteiger partial charge in [0.2, 0.25) is 0 Å². The fraction of sp³-hybridized carbons (Fsp3) is 0.375. The molecule has 5 nitrogen and oxygen atoms in total. The molecule has 0 atom stereocenters.